The van der Waals surface area contributed by atoms with E-state index in [0.717, 1.165) is 24.3 Å². The Morgan fingerprint density at radius 3 is 1.11 bits per heavy atom. The summed E-state index contributed by atoms with van der Waals surface area (Å²) in [6.45, 7) is 26.1. The zero-order valence-corrected chi connectivity index (χ0v) is 67.4. The minimum absolute atomic E-state index is 0.0213. The molecule has 0 amide bonds. The van der Waals surface area contributed by atoms with Crippen molar-refractivity contribution < 1.29 is 152 Å². The maximum absolute atomic E-state index is 13.6. The van der Waals surface area contributed by atoms with Gasteiger partial charge in [-0.3, -0.25) is 0 Å². The predicted octanol–water partition coefficient (Wildman–Crippen LogP) is 12.2. The van der Waals surface area contributed by atoms with Gasteiger partial charge >= 0.3 is 71.6 Å². The van der Waals surface area contributed by atoms with Crippen molar-refractivity contribution in [3.05, 3.63) is 263 Å². The van der Waals surface area contributed by atoms with Gasteiger partial charge in [-0.15, -0.1) is 0 Å². The van der Waals surface area contributed by atoms with Crippen LogP contribution in [-0.2, 0) is 57.1 Å². The summed E-state index contributed by atoms with van der Waals surface area (Å²) in [6.07, 6.45) is -2.22. The third kappa shape index (κ3) is 22.5. The highest BCUT2D eigenvalue weighted by molar-refractivity contribution is 5.98. The predicted molar refractivity (Wildman–Crippen MR) is 429 cm³/mol. The largest absolute Gasteiger partial charge is 0.493 e. The van der Waals surface area contributed by atoms with E-state index < -0.39 is 120 Å². The summed E-state index contributed by atoms with van der Waals surface area (Å²) in [6, 6.07) is 35.8. The van der Waals surface area contributed by atoms with Gasteiger partial charge < -0.3 is 94.7 Å². The molecule has 8 atom stereocenters. The van der Waals surface area contributed by atoms with Crippen LogP contribution in [0.5, 0.6) is 69.0 Å². The highest BCUT2D eigenvalue weighted by atomic mass is 16.7. The minimum atomic E-state index is -0.849. The average Bonchev–Trinajstić information content (AvgIpc) is 1.67. The molecular weight excluding hydrogens is 1600 g/mol. The molecule has 0 saturated carbocycles. The Hall–Kier alpha value is -14.6. The van der Waals surface area contributed by atoms with E-state index in [9.17, 15) is 57.5 Å². The van der Waals surface area contributed by atoms with Gasteiger partial charge in [-0.1, -0.05) is 26.3 Å². The quantitative estimate of drug-likeness (QED) is 0.0163. The smallest absolute Gasteiger partial charge is 0.343 e. The molecule has 0 radical (unpaired) electrons. The van der Waals surface area contributed by atoms with Crippen molar-refractivity contribution in [2.45, 2.75) is 97.3 Å². The third-order valence-electron chi connectivity index (χ3n) is 18.6. The van der Waals surface area contributed by atoms with E-state index in [1.165, 1.54) is 152 Å². The molecule has 638 valence electrons. The number of fused-ring (bicyclic) bond motifs is 2. The fraction of sp³-hybridized carbons (Fsp3) is 0.253. The van der Waals surface area contributed by atoms with Crippen LogP contribution in [0.2, 0.25) is 0 Å². The summed E-state index contributed by atoms with van der Waals surface area (Å²) in [5.74, 6) is -6.57. The Kier molecular flexibility index (Phi) is 30.0. The molecule has 0 spiro atoms. The molecule has 4 saturated heterocycles. The van der Waals surface area contributed by atoms with Crippen LogP contribution < -0.4 is 56.8 Å². The third-order valence-corrected chi connectivity index (χ3v) is 18.6. The lowest BCUT2D eigenvalue weighted by Crippen LogP contribution is -2.36. The monoisotopic (exact) mass is 1690 g/mol. The van der Waals surface area contributed by atoms with E-state index in [0.29, 0.717) is 16.7 Å². The lowest BCUT2D eigenvalue weighted by molar-refractivity contribution is -0.130. The van der Waals surface area contributed by atoms with E-state index in [1.807, 2.05) is 0 Å². The lowest BCUT2D eigenvalue weighted by atomic mass is 10.1. The number of carbonyl (C=O) groups is 12. The van der Waals surface area contributed by atoms with Gasteiger partial charge in [-0.05, 0) is 205 Å². The second kappa shape index (κ2) is 41.4. The lowest BCUT2D eigenvalue weighted by Gasteiger charge is -2.19. The van der Waals surface area contributed by atoms with Gasteiger partial charge in [0.1, 0.15) is 81.5 Å². The van der Waals surface area contributed by atoms with Crippen molar-refractivity contribution in [1.82, 2.24) is 0 Å². The number of esters is 12. The van der Waals surface area contributed by atoms with Crippen molar-refractivity contribution in [1.29, 1.82) is 0 Å². The Labute approximate surface area is 703 Å². The normalized spacial score (nSPS) is 17.5. The molecule has 0 N–H and O–H groups in total. The molecule has 4 aliphatic heterocycles. The Bertz CT molecular complexity index is 5390. The number of aryl methyl sites for hydroxylation is 3. The summed E-state index contributed by atoms with van der Waals surface area (Å²) in [5, 5.41) is 0. The standard InChI is InChI=1S/C46H42O16.C45H40O16/c1-7-39(47)57-29-15-11-27(12-16-29)43(49)60-33-22-34(53-9-3)32(19-26(33)6)46(52)62-38-24-56-41-37(23-55-42(38)41)61-44(50)28-13-17-30(18-14-28)58-45(51)31-21-35(54-10-4)36(20-25(31)5)59-40(48)8-2;1-6-38(46)56-29-15-17-31(25(5)20-29)44(50)58-30-16-18-32(34(22-30)52-8-3)45(51)61-37-24-55-40-36(23-54-41(37)40)60-42(48)26-10-13-28(14-11-26)57-43(49)27-12-19-33(59-39(47)7-2)35(21-27)53-9-4/h7-8,11-22,37-38,41-42H,1-2,9-10,23-24H2,3-6H3;6-7,10-22,36-37,40-41H,1-2,8-9,23-24H2,3-5H3/t37-,38+,41-,42-;36-,37+,40+,41+/m10/s1. The van der Waals surface area contributed by atoms with Crippen molar-refractivity contribution >= 4 is 71.6 Å². The molecular formula is C91H82O32. The first-order valence-electron chi connectivity index (χ1n) is 38.3. The van der Waals surface area contributed by atoms with Crippen LogP contribution in [0.3, 0.4) is 0 Å². The van der Waals surface area contributed by atoms with Crippen LogP contribution in [0.1, 0.15) is 127 Å². The Morgan fingerprint density at radius 1 is 0.276 bits per heavy atom. The molecule has 12 rings (SSSR count). The first-order valence-corrected chi connectivity index (χ1v) is 38.3. The van der Waals surface area contributed by atoms with Crippen molar-refractivity contribution in [3.8, 4) is 69.0 Å². The highest BCUT2D eigenvalue weighted by Crippen LogP contribution is 2.39. The van der Waals surface area contributed by atoms with E-state index in [-0.39, 0.29) is 166 Å². The summed E-state index contributed by atoms with van der Waals surface area (Å²) in [4.78, 5) is 152. The minimum Gasteiger partial charge on any atom is -0.493 e. The molecule has 0 aliphatic carbocycles. The van der Waals surface area contributed by atoms with Crippen LogP contribution in [0, 0.1) is 20.8 Å². The Balaban J connectivity index is 0.000000240. The molecule has 0 aromatic heterocycles. The van der Waals surface area contributed by atoms with Gasteiger partial charge in [-0.2, -0.15) is 0 Å². The molecule has 4 aliphatic rings. The van der Waals surface area contributed by atoms with Gasteiger partial charge in [0.2, 0.25) is 0 Å². The molecule has 8 aromatic rings. The fourth-order valence-electron chi connectivity index (χ4n) is 12.7. The molecule has 4 heterocycles. The average molecular weight is 1690 g/mol. The van der Waals surface area contributed by atoms with E-state index >= 15 is 0 Å². The second-order valence-corrected chi connectivity index (χ2v) is 26.9. The first-order chi connectivity index (χ1) is 59.2. The first kappa shape index (κ1) is 89.2. The number of ether oxygens (including phenoxy) is 20. The van der Waals surface area contributed by atoms with Gasteiger partial charge in [0.25, 0.3) is 0 Å². The fourth-order valence-corrected chi connectivity index (χ4v) is 12.7. The van der Waals surface area contributed by atoms with Gasteiger partial charge in [-0.25, -0.2) is 57.5 Å². The summed E-state index contributed by atoms with van der Waals surface area (Å²) in [5.41, 5.74) is 2.55. The maximum Gasteiger partial charge on any atom is 0.343 e. The molecule has 32 heteroatoms. The number of rotatable bonds is 32. The van der Waals surface area contributed by atoms with Crippen molar-refractivity contribution in [2.75, 3.05) is 52.9 Å². The van der Waals surface area contributed by atoms with Crippen molar-refractivity contribution in [2.24, 2.45) is 0 Å². The molecule has 32 nitrogen and oxygen atoms in total. The summed E-state index contributed by atoms with van der Waals surface area (Å²) >= 11 is 0. The van der Waals surface area contributed by atoms with Crippen LogP contribution >= 0.6 is 0 Å². The maximum atomic E-state index is 13.6. The van der Waals surface area contributed by atoms with Crippen LogP contribution in [-0.4, -0.2) is 173 Å². The molecule has 8 aromatic carbocycles. The highest BCUT2D eigenvalue weighted by Gasteiger charge is 2.53. The molecule has 0 bridgehead atoms. The topological polar surface area (TPSA) is 389 Å². The summed E-state index contributed by atoms with van der Waals surface area (Å²) < 4.78 is 112. The number of benzene rings is 8. The Morgan fingerprint density at radius 2 is 0.626 bits per heavy atom. The van der Waals surface area contributed by atoms with E-state index in [1.54, 1.807) is 48.5 Å². The van der Waals surface area contributed by atoms with Crippen LogP contribution in [0.15, 0.2) is 202 Å². The van der Waals surface area contributed by atoms with E-state index in [2.05, 4.69) is 26.3 Å². The molecule has 0 unspecified atom stereocenters. The van der Waals surface area contributed by atoms with Gasteiger partial charge in [0, 0.05) is 36.4 Å². The van der Waals surface area contributed by atoms with Gasteiger partial charge in [0.05, 0.1) is 86.2 Å². The van der Waals surface area contributed by atoms with Crippen LogP contribution in [0.25, 0.3) is 0 Å². The van der Waals surface area contributed by atoms with Gasteiger partial charge in [0.15, 0.2) is 47.4 Å². The van der Waals surface area contributed by atoms with E-state index in [4.69, 9.17) is 94.7 Å². The number of carbonyl (C=O) groups excluding carboxylic acids is 12. The summed E-state index contributed by atoms with van der Waals surface area (Å²) in [7, 11) is 0. The zero-order valence-electron chi connectivity index (χ0n) is 67.4. The SMILES string of the molecule is C=CC(=O)Oc1ccc(C(=O)Oc2cc(OCC)c(C(=O)O[C@H]3CO[C@H]4[C@@H]3OC[C@H]4OC(=O)c3ccc(OC(=O)c4cc(OCC)c(OC(=O)C=C)cc4C)cc3)cc2C)cc1.C=CC(=O)Oc1ccc(C(=O)Oc2ccc(C(=O)O[C@@H]3CO[C@H]4[C@@H]3OC[C@@H]4OC(=O)c3ccc(OC(=O)c4ccc(OC(=O)C=C)c(OCC)c4)cc3)c(OCC)c2)c(C)c1. The number of hydrogen-bond donors (Lipinski definition) is 0. The molecule has 123 heavy (non-hydrogen) atoms. The number of hydrogen-bond acceptors (Lipinski definition) is 32. The van der Waals surface area contributed by atoms with Crippen LogP contribution in [0.4, 0.5) is 0 Å². The second-order valence-electron chi connectivity index (χ2n) is 26.9. The molecule has 4 fully saturated rings. The zero-order chi connectivity index (χ0) is 88.1. The van der Waals surface area contributed by atoms with Crippen molar-refractivity contribution in [3.63, 3.8) is 0 Å².